The first-order chi connectivity index (χ1) is 13.1. The SMILES string of the molecule is CC(=O)NCCC(=O)Oc1ccc(N(C)S(=O)(=O)c2ccc(C)c(C)c2)cc1. The standard InChI is InChI=1S/C20H24N2O5S/c1-14-5-10-19(13-15(14)2)28(25,26)22(4)17-6-8-18(9-7-17)27-20(24)11-12-21-16(3)23/h5-10,13H,11-12H2,1-4H3,(H,21,23). The molecule has 1 N–H and O–H groups in total. The average Bonchev–Trinajstić information content (AvgIpc) is 2.63. The molecule has 2 aromatic carbocycles. The molecular weight excluding hydrogens is 380 g/mol. The summed E-state index contributed by atoms with van der Waals surface area (Å²) < 4.78 is 32.0. The number of aryl methyl sites for hydroxylation is 2. The number of rotatable bonds is 7. The third-order valence-electron chi connectivity index (χ3n) is 4.27. The van der Waals surface area contributed by atoms with Gasteiger partial charge in [-0.05, 0) is 61.4 Å². The number of hydrogen-bond donors (Lipinski definition) is 1. The quantitative estimate of drug-likeness (QED) is 0.566. The van der Waals surface area contributed by atoms with Crippen LogP contribution >= 0.6 is 0 Å². The van der Waals surface area contributed by atoms with Gasteiger partial charge < -0.3 is 10.1 Å². The van der Waals surface area contributed by atoms with E-state index in [0.29, 0.717) is 11.4 Å². The van der Waals surface area contributed by atoms with E-state index in [2.05, 4.69) is 5.32 Å². The molecule has 8 heteroatoms. The van der Waals surface area contributed by atoms with Gasteiger partial charge in [0.1, 0.15) is 5.75 Å². The van der Waals surface area contributed by atoms with E-state index < -0.39 is 16.0 Å². The summed E-state index contributed by atoms with van der Waals surface area (Å²) >= 11 is 0. The van der Waals surface area contributed by atoms with Crippen molar-refractivity contribution in [1.29, 1.82) is 0 Å². The fraction of sp³-hybridized carbons (Fsp3) is 0.300. The smallest absolute Gasteiger partial charge is 0.312 e. The van der Waals surface area contributed by atoms with Crippen molar-refractivity contribution in [3.05, 3.63) is 53.6 Å². The van der Waals surface area contributed by atoms with Gasteiger partial charge in [0.2, 0.25) is 5.91 Å². The molecular formula is C20H24N2O5S. The minimum absolute atomic E-state index is 0.0440. The Morgan fingerprint density at radius 1 is 1.04 bits per heavy atom. The van der Waals surface area contributed by atoms with Gasteiger partial charge in [0.05, 0.1) is 17.0 Å². The highest BCUT2D eigenvalue weighted by molar-refractivity contribution is 7.92. The molecule has 0 atom stereocenters. The Morgan fingerprint density at radius 3 is 2.25 bits per heavy atom. The second kappa shape index (κ2) is 8.88. The van der Waals surface area contributed by atoms with E-state index in [1.807, 2.05) is 13.8 Å². The monoisotopic (exact) mass is 404 g/mol. The number of nitrogens with zero attached hydrogens (tertiary/aromatic N) is 1. The van der Waals surface area contributed by atoms with Crippen LogP contribution in [0.3, 0.4) is 0 Å². The van der Waals surface area contributed by atoms with E-state index in [9.17, 15) is 18.0 Å². The molecule has 0 saturated heterocycles. The van der Waals surface area contributed by atoms with Crippen LogP contribution < -0.4 is 14.4 Å². The van der Waals surface area contributed by atoms with Crippen molar-refractivity contribution in [2.75, 3.05) is 17.9 Å². The number of benzene rings is 2. The fourth-order valence-corrected chi connectivity index (χ4v) is 3.70. The van der Waals surface area contributed by atoms with Gasteiger partial charge in [-0.15, -0.1) is 0 Å². The average molecular weight is 404 g/mol. The number of carbonyl (C=O) groups is 2. The maximum Gasteiger partial charge on any atom is 0.312 e. The Bertz CT molecular complexity index is 969. The molecule has 7 nitrogen and oxygen atoms in total. The Hall–Kier alpha value is -2.87. The van der Waals surface area contributed by atoms with Crippen molar-refractivity contribution in [2.45, 2.75) is 32.1 Å². The lowest BCUT2D eigenvalue weighted by Crippen LogP contribution is -2.26. The number of esters is 1. The van der Waals surface area contributed by atoms with Gasteiger partial charge in [0, 0.05) is 20.5 Å². The summed E-state index contributed by atoms with van der Waals surface area (Å²) in [6.07, 6.45) is 0.0440. The zero-order valence-corrected chi connectivity index (χ0v) is 17.2. The molecule has 0 aliphatic heterocycles. The maximum absolute atomic E-state index is 12.8. The molecule has 1 amide bonds. The van der Waals surface area contributed by atoms with Gasteiger partial charge in [-0.3, -0.25) is 13.9 Å². The van der Waals surface area contributed by atoms with Crippen LogP contribution in [0.25, 0.3) is 0 Å². The number of ether oxygens (including phenoxy) is 1. The summed E-state index contributed by atoms with van der Waals surface area (Å²) in [4.78, 5) is 22.7. The molecule has 2 aromatic rings. The molecule has 0 aliphatic rings. The summed E-state index contributed by atoms with van der Waals surface area (Å²) in [6.45, 7) is 5.35. The lowest BCUT2D eigenvalue weighted by molar-refractivity contribution is -0.134. The lowest BCUT2D eigenvalue weighted by atomic mass is 10.1. The molecule has 0 bridgehead atoms. The van der Waals surface area contributed by atoms with Crippen LogP contribution in [-0.2, 0) is 19.6 Å². The molecule has 0 spiro atoms. The Morgan fingerprint density at radius 2 is 1.68 bits per heavy atom. The van der Waals surface area contributed by atoms with Gasteiger partial charge in [-0.1, -0.05) is 6.07 Å². The third kappa shape index (κ3) is 5.32. The molecule has 0 heterocycles. The number of nitrogens with one attached hydrogen (secondary N) is 1. The van der Waals surface area contributed by atoms with Crippen molar-refractivity contribution in [3.8, 4) is 5.75 Å². The Kier molecular flexibility index (Phi) is 6.80. The van der Waals surface area contributed by atoms with Gasteiger partial charge in [0.25, 0.3) is 10.0 Å². The first-order valence-electron chi connectivity index (χ1n) is 8.72. The molecule has 0 aliphatic carbocycles. The Balaban J connectivity index is 2.08. The number of carbonyl (C=O) groups excluding carboxylic acids is 2. The molecule has 0 saturated carbocycles. The van der Waals surface area contributed by atoms with E-state index >= 15 is 0 Å². The highest BCUT2D eigenvalue weighted by Gasteiger charge is 2.21. The number of hydrogen-bond acceptors (Lipinski definition) is 5. The van der Waals surface area contributed by atoms with Gasteiger partial charge in [-0.25, -0.2) is 8.42 Å². The van der Waals surface area contributed by atoms with Crippen molar-refractivity contribution >= 4 is 27.6 Å². The number of sulfonamides is 1. The first kappa shape index (κ1) is 21.4. The van der Waals surface area contributed by atoms with Crippen LogP contribution in [0, 0.1) is 13.8 Å². The normalized spacial score (nSPS) is 11.0. The second-order valence-electron chi connectivity index (χ2n) is 6.42. The highest BCUT2D eigenvalue weighted by Crippen LogP contribution is 2.25. The van der Waals surface area contributed by atoms with Crippen molar-refractivity contribution in [3.63, 3.8) is 0 Å². The van der Waals surface area contributed by atoms with Gasteiger partial charge in [-0.2, -0.15) is 0 Å². The van der Waals surface area contributed by atoms with Crippen molar-refractivity contribution in [1.82, 2.24) is 5.32 Å². The fourth-order valence-electron chi connectivity index (χ4n) is 2.42. The number of amides is 1. The molecule has 0 fully saturated rings. The van der Waals surface area contributed by atoms with Crippen LogP contribution in [0.1, 0.15) is 24.5 Å². The number of anilines is 1. The van der Waals surface area contributed by atoms with Crippen LogP contribution in [0.2, 0.25) is 0 Å². The molecule has 150 valence electrons. The second-order valence-corrected chi connectivity index (χ2v) is 8.39. The largest absolute Gasteiger partial charge is 0.426 e. The molecule has 0 radical (unpaired) electrons. The zero-order valence-electron chi connectivity index (χ0n) is 16.4. The van der Waals surface area contributed by atoms with Crippen molar-refractivity contribution < 1.29 is 22.7 Å². The minimum atomic E-state index is -3.70. The van der Waals surface area contributed by atoms with E-state index in [1.165, 1.54) is 30.4 Å². The third-order valence-corrected chi connectivity index (χ3v) is 6.05. The van der Waals surface area contributed by atoms with E-state index in [-0.39, 0.29) is 23.8 Å². The predicted octanol–water partition coefficient (Wildman–Crippen LogP) is 2.56. The highest BCUT2D eigenvalue weighted by atomic mass is 32.2. The predicted molar refractivity (Wildman–Crippen MR) is 107 cm³/mol. The first-order valence-corrected chi connectivity index (χ1v) is 10.2. The van der Waals surface area contributed by atoms with Crippen molar-refractivity contribution in [2.24, 2.45) is 0 Å². The molecule has 2 rings (SSSR count). The topological polar surface area (TPSA) is 92.8 Å². The van der Waals surface area contributed by atoms with Crippen LogP contribution in [-0.4, -0.2) is 33.9 Å². The van der Waals surface area contributed by atoms with Crippen LogP contribution in [0.5, 0.6) is 5.75 Å². The maximum atomic E-state index is 12.8. The van der Waals surface area contributed by atoms with E-state index in [4.69, 9.17) is 4.74 Å². The summed E-state index contributed by atoms with van der Waals surface area (Å²) in [5, 5.41) is 2.51. The molecule has 0 unspecified atom stereocenters. The summed E-state index contributed by atoms with van der Waals surface area (Å²) in [5.74, 6) is -0.406. The van der Waals surface area contributed by atoms with Gasteiger partial charge in [0.15, 0.2) is 0 Å². The zero-order chi connectivity index (χ0) is 20.9. The van der Waals surface area contributed by atoms with Crippen LogP contribution in [0.4, 0.5) is 5.69 Å². The molecule has 28 heavy (non-hydrogen) atoms. The lowest BCUT2D eigenvalue weighted by Gasteiger charge is -2.20. The summed E-state index contributed by atoms with van der Waals surface area (Å²) in [7, 11) is -2.23. The van der Waals surface area contributed by atoms with E-state index in [1.54, 1.807) is 30.3 Å². The summed E-state index contributed by atoms with van der Waals surface area (Å²) in [6, 6.07) is 11.2. The Labute approximate surface area is 165 Å². The minimum Gasteiger partial charge on any atom is -0.426 e. The summed E-state index contributed by atoms with van der Waals surface area (Å²) in [5.41, 5.74) is 2.36. The van der Waals surface area contributed by atoms with Crippen LogP contribution in [0.15, 0.2) is 47.4 Å². The van der Waals surface area contributed by atoms with E-state index in [0.717, 1.165) is 11.1 Å². The van der Waals surface area contributed by atoms with Gasteiger partial charge >= 0.3 is 5.97 Å². The molecule has 0 aromatic heterocycles.